The summed E-state index contributed by atoms with van der Waals surface area (Å²) >= 11 is 5.09. The summed E-state index contributed by atoms with van der Waals surface area (Å²) in [6, 6.07) is 3.69. The van der Waals surface area contributed by atoms with Gasteiger partial charge in [-0.05, 0) is 42.5 Å². The van der Waals surface area contributed by atoms with E-state index in [9.17, 15) is 4.79 Å². The highest BCUT2D eigenvalue weighted by atomic mass is 79.9. The fourth-order valence-corrected chi connectivity index (χ4v) is 3.03. The molecule has 3 heteroatoms. The van der Waals surface area contributed by atoms with Crippen LogP contribution in [0.25, 0.3) is 10.1 Å². The Bertz CT molecular complexity index is 557. The van der Waals surface area contributed by atoms with Gasteiger partial charge in [0, 0.05) is 14.6 Å². The van der Waals surface area contributed by atoms with E-state index in [2.05, 4.69) is 22.0 Å². The first-order valence-corrected chi connectivity index (χ1v) is 5.95. The van der Waals surface area contributed by atoms with Crippen molar-refractivity contribution in [3.8, 4) is 0 Å². The van der Waals surface area contributed by atoms with Crippen LogP contribution in [0, 0.1) is 13.8 Å². The third-order valence-corrected chi connectivity index (χ3v) is 4.17. The minimum absolute atomic E-state index is 0.112. The fourth-order valence-electron chi connectivity index (χ4n) is 1.55. The van der Waals surface area contributed by atoms with Crippen molar-refractivity contribution >= 4 is 37.4 Å². The van der Waals surface area contributed by atoms with Gasteiger partial charge in [0.15, 0.2) is 5.43 Å². The predicted molar refractivity (Wildman–Crippen MR) is 65.3 cm³/mol. The molecule has 0 aliphatic rings. The smallest absolute Gasteiger partial charge is 0.188 e. The Kier molecular flexibility index (Phi) is 2.45. The van der Waals surface area contributed by atoms with Crippen LogP contribution in [-0.4, -0.2) is 0 Å². The van der Waals surface area contributed by atoms with Crippen molar-refractivity contribution in [2.45, 2.75) is 13.8 Å². The van der Waals surface area contributed by atoms with Crippen LogP contribution in [0.4, 0.5) is 0 Å². The van der Waals surface area contributed by atoms with E-state index in [0.717, 1.165) is 25.7 Å². The molecule has 0 saturated carbocycles. The first kappa shape index (κ1) is 9.87. The molecule has 0 unspecified atom stereocenters. The van der Waals surface area contributed by atoms with Crippen molar-refractivity contribution in [1.29, 1.82) is 0 Å². The minimum Gasteiger partial charge on any atom is -0.289 e. The molecule has 0 bridgehead atoms. The van der Waals surface area contributed by atoms with E-state index in [1.165, 1.54) is 0 Å². The maximum atomic E-state index is 11.7. The summed E-state index contributed by atoms with van der Waals surface area (Å²) < 4.78 is 2.11. The lowest BCUT2D eigenvalue weighted by Gasteiger charge is -2.05. The molecule has 1 nitrogen and oxygen atoms in total. The molecule has 1 aromatic heterocycles. The largest absolute Gasteiger partial charge is 0.289 e. The van der Waals surface area contributed by atoms with Crippen molar-refractivity contribution in [3.05, 3.63) is 43.3 Å². The monoisotopic (exact) mass is 268 g/mol. The lowest BCUT2D eigenvalue weighted by molar-refractivity contribution is 1.43. The minimum atomic E-state index is 0.112. The SMILES string of the molecule is Cc1cc(Br)c(C)c2c(=O)ccsc12. The standard InChI is InChI=1S/C11H9BrOS/c1-6-5-8(12)7(2)10-9(13)3-4-14-11(6)10/h3-5H,1-2H3. The van der Waals surface area contributed by atoms with Gasteiger partial charge in [-0.2, -0.15) is 0 Å². The van der Waals surface area contributed by atoms with Gasteiger partial charge >= 0.3 is 0 Å². The number of aryl methyl sites for hydroxylation is 2. The van der Waals surface area contributed by atoms with Gasteiger partial charge in [0.2, 0.25) is 0 Å². The molecular formula is C11H9BrOS. The second kappa shape index (κ2) is 3.48. The summed E-state index contributed by atoms with van der Waals surface area (Å²) in [5.41, 5.74) is 2.30. The van der Waals surface area contributed by atoms with E-state index >= 15 is 0 Å². The Morgan fingerprint density at radius 3 is 2.79 bits per heavy atom. The highest BCUT2D eigenvalue weighted by molar-refractivity contribution is 9.10. The first-order valence-electron chi connectivity index (χ1n) is 4.28. The van der Waals surface area contributed by atoms with Crippen molar-refractivity contribution < 1.29 is 0 Å². The molecule has 0 aliphatic heterocycles. The number of hydrogen-bond donors (Lipinski definition) is 0. The average molecular weight is 269 g/mol. The highest BCUT2D eigenvalue weighted by Crippen LogP contribution is 2.28. The van der Waals surface area contributed by atoms with E-state index in [-0.39, 0.29) is 5.43 Å². The molecule has 0 radical (unpaired) electrons. The summed E-state index contributed by atoms with van der Waals surface area (Å²) in [7, 11) is 0. The first-order chi connectivity index (χ1) is 6.61. The van der Waals surface area contributed by atoms with Gasteiger partial charge in [0.05, 0.1) is 0 Å². The number of halogens is 1. The van der Waals surface area contributed by atoms with Crippen LogP contribution in [0.3, 0.4) is 0 Å². The second-order valence-electron chi connectivity index (χ2n) is 3.29. The molecule has 0 spiro atoms. The molecule has 0 atom stereocenters. The van der Waals surface area contributed by atoms with Gasteiger partial charge in [0.25, 0.3) is 0 Å². The van der Waals surface area contributed by atoms with Crippen LogP contribution >= 0.6 is 27.3 Å². The summed E-state index contributed by atoms with van der Waals surface area (Å²) in [5, 5.41) is 2.70. The molecule has 1 heterocycles. The Labute approximate surface area is 94.5 Å². The topological polar surface area (TPSA) is 17.1 Å². The molecule has 2 aromatic rings. The third-order valence-electron chi connectivity index (χ3n) is 2.31. The zero-order valence-electron chi connectivity index (χ0n) is 7.93. The van der Waals surface area contributed by atoms with E-state index in [1.807, 2.05) is 19.2 Å². The van der Waals surface area contributed by atoms with Crippen molar-refractivity contribution in [2.75, 3.05) is 0 Å². The Morgan fingerprint density at radius 2 is 2.07 bits per heavy atom. The van der Waals surface area contributed by atoms with Gasteiger partial charge in [-0.25, -0.2) is 0 Å². The van der Waals surface area contributed by atoms with E-state index in [4.69, 9.17) is 0 Å². The molecule has 0 amide bonds. The summed E-state index contributed by atoms with van der Waals surface area (Å²) in [6.45, 7) is 4.00. The zero-order valence-corrected chi connectivity index (χ0v) is 10.3. The Hall–Kier alpha value is -0.670. The van der Waals surface area contributed by atoms with Gasteiger partial charge in [-0.3, -0.25) is 4.79 Å². The molecule has 0 N–H and O–H groups in total. The molecule has 14 heavy (non-hydrogen) atoms. The summed E-state index contributed by atoms with van der Waals surface area (Å²) in [6.07, 6.45) is 0. The molecule has 0 saturated heterocycles. The molecular weight excluding hydrogens is 260 g/mol. The van der Waals surface area contributed by atoms with Gasteiger partial charge in [-0.15, -0.1) is 11.3 Å². The Balaban J connectivity index is 3.11. The molecule has 0 aliphatic carbocycles. The number of fused-ring (bicyclic) bond motifs is 1. The van der Waals surface area contributed by atoms with Crippen molar-refractivity contribution in [1.82, 2.24) is 0 Å². The fraction of sp³-hybridized carbons (Fsp3) is 0.182. The van der Waals surface area contributed by atoms with E-state index in [1.54, 1.807) is 17.4 Å². The lowest BCUT2D eigenvalue weighted by Crippen LogP contribution is -2.00. The van der Waals surface area contributed by atoms with Crippen LogP contribution < -0.4 is 5.43 Å². The summed E-state index contributed by atoms with van der Waals surface area (Å²) in [4.78, 5) is 11.7. The number of benzene rings is 1. The quantitative estimate of drug-likeness (QED) is 0.713. The van der Waals surface area contributed by atoms with Crippen LogP contribution in [-0.2, 0) is 0 Å². The van der Waals surface area contributed by atoms with Crippen molar-refractivity contribution in [2.24, 2.45) is 0 Å². The van der Waals surface area contributed by atoms with Crippen LogP contribution in [0.5, 0.6) is 0 Å². The molecule has 0 fully saturated rings. The second-order valence-corrected chi connectivity index (χ2v) is 5.06. The molecule has 2 rings (SSSR count). The predicted octanol–water partition coefficient (Wildman–Crippen LogP) is 3.64. The average Bonchev–Trinajstić information content (AvgIpc) is 2.14. The number of hydrogen-bond acceptors (Lipinski definition) is 2. The molecule has 72 valence electrons. The van der Waals surface area contributed by atoms with E-state index < -0.39 is 0 Å². The zero-order chi connectivity index (χ0) is 10.3. The normalized spacial score (nSPS) is 10.8. The van der Waals surface area contributed by atoms with E-state index in [0.29, 0.717) is 0 Å². The van der Waals surface area contributed by atoms with Crippen LogP contribution in [0.15, 0.2) is 26.8 Å². The van der Waals surface area contributed by atoms with Gasteiger partial charge in [0.1, 0.15) is 0 Å². The number of rotatable bonds is 0. The van der Waals surface area contributed by atoms with Crippen LogP contribution in [0.1, 0.15) is 11.1 Å². The van der Waals surface area contributed by atoms with Gasteiger partial charge < -0.3 is 0 Å². The lowest BCUT2D eigenvalue weighted by atomic mass is 10.1. The highest BCUT2D eigenvalue weighted by Gasteiger charge is 2.07. The third kappa shape index (κ3) is 1.41. The Morgan fingerprint density at radius 1 is 1.36 bits per heavy atom. The summed E-state index contributed by atoms with van der Waals surface area (Å²) in [5.74, 6) is 0. The maximum Gasteiger partial charge on any atom is 0.188 e. The van der Waals surface area contributed by atoms with Crippen LogP contribution in [0.2, 0.25) is 0 Å². The van der Waals surface area contributed by atoms with Crippen molar-refractivity contribution in [3.63, 3.8) is 0 Å². The maximum absolute atomic E-state index is 11.7. The molecule has 1 aromatic carbocycles. The van der Waals surface area contributed by atoms with Gasteiger partial charge in [-0.1, -0.05) is 15.9 Å².